The van der Waals surface area contributed by atoms with Crippen LogP contribution in [0.3, 0.4) is 0 Å². The van der Waals surface area contributed by atoms with Gasteiger partial charge in [0.15, 0.2) is 15.1 Å². The first-order valence-corrected chi connectivity index (χ1v) is 8.89. The molecule has 0 N–H and O–H groups in total. The van der Waals surface area contributed by atoms with Gasteiger partial charge >= 0.3 is 5.97 Å². The molecule has 1 unspecified atom stereocenters. The molecule has 1 atom stereocenters. The molecular weight excluding hydrogens is 302 g/mol. The SMILES string of the molecule is CCC(C(=O)OCC(C)C)S(=O)(=O)Cc1ccc(C#N)cc1. The van der Waals surface area contributed by atoms with Gasteiger partial charge in [-0.05, 0) is 30.0 Å². The van der Waals surface area contributed by atoms with Crippen LogP contribution >= 0.6 is 0 Å². The van der Waals surface area contributed by atoms with Crippen molar-refractivity contribution >= 4 is 15.8 Å². The second-order valence-corrected chi connectivity index (χ2v) is 7.72. The van der Waals surface area contributed by atoms with Crippen molar-refractivity contribution in [3.8, 4) is 6.07 Å². The van der Waals surface area contributed by atoms with Crippen molar-refractivity contribution in [1.29, 1.82) is 5.26 Å². The van der Waals surface area contributed by atoms with E-state index in [4.69, 9.17) is 10.00 Å². The predicted octanol–water partition coefficient (Wildman–Crippen LogP) is 2.45. The van der Waals surface area contributed by atoms with Crippen molar-refractivity contribution < 1.29 is 17.9 Å². The van der Waals surface area contributed by atoms with Gasteiger partial charge in [-0.3, -0.25) is 4.79 Å². The van der Waals surface area contributed by atoms with Gasteiger partial charge in [-0.25, -0.2) is 8.42 Å². The molecule has 1 rings (SSSR count). The Morgan fingerprint density at radius 2 is 1.86 bits per heavy atom. The second-order valence-electron chi connectivity index (χ2n) is 5.54. The lowest BCUT2D eigenvalue weighted by molar-refractivity contribution is -0.144. The van der Waals surface area contributed by atoms with Crippen LogP contribution in [0.2, 0.25) is 0 Å². The van der Waals surface area contributed by atoms with E-state index in [1.54, 1.807) is 31.2 Å². The summed E-state index contributed by atoms with van der Waals surface area (Å²) in [5, 5.41) is 7.58. The van der Waals surface area contributed by atoms with E-state index in [0.717, 1.165) is 0 Å². The number of nitrogens with zero attached hydrogens (tertiary/aromatic N) is 1. The lowest BCUT2D eigenvalue weighted by atomic mass is 10.2. The minimum Gasteiger partial charge on any atom is -0.464 e. The van der Waals surface area contributed by atoms with Crippen molar-refractivity contribution in [2.45, 2.75) is 38.2 Å². The zero-order chi connectivity index (χ0) is 16.8. The van der Waals surface area contributed by atoms with Crippen LogP contribution < -0.4 is 0 Å². The van der Waals surface area contributed by atoms with Gasteiger partial charge in [0.2, 0.25) is 0 Å². The molecule has 0 spiro atoms. The monoisotopic (exact) mass is 323 g/mol. The van der Waals surface area contributed by atoms with Gasteiger partial charge < -0.3 is 4.74 Å². The van der Waals surface area contributed by atoms with Crippen molar-refractivity contribution in [1.82, 2.24) is 0 Å². The molecule has 0 heterocycles. The molecule has 6 heteroatoms. The minimum atomic E-state index is -3.65. The molecule has 0 saturated heterocycles. The fraction of sp³-hybridized carbons (Fsp3) is 0.500. The Morgan fingerprint density at radius 3 is 2.32 bits per heavy atom. The van der Waals surface area contributed by atoms with Crippen LogP contribution in [0.1, 0.15) is 38.3 Å². The van der Waals surface area contributed by atoms with E-state index in [9.17, 15) is 13.2 Å². The first-order valence-electron chi connectivity index (χ1n) is 7.17. The molecular formula is C16H21NO4S. The number of ether oxygens (including phenoxy) is 1. The molecule has 0 saturated carbocycles. The summed E-state index contributed by atoms with van der Waals surface area (Å²) >= 11 is 0. The largest absolute Gasteiger partial charge is 0.464 e. The molecule has 1 aromatic carbocycles. The second kappa shape index (κ2) is 7.95. The maximum Gasteiger partial charge on any atom is 0.324 e. The Kier molecular flexibility index (Phi) is 6.57. The summed E-state index contributed by atoms with van der Waals surface area (Å²) in [6.07, 6.45) is 0.176. The third-order valence-electron chi connectivity index (χ3n) is 3.08. The number of hydrogen-bond acceptors (Lipinski definition) is 5. The molecule has 1 aromatic rings. The highest BCUT2D eigenvalue weighted by molar-refractivity contribution is 7.92. The van der Waals surface area contributed by atoms with Crippen molar-refractivity contribution in [2.24, 2.45) is 5.92 Å². The summed E-state index contributed by atoms with van der Waals surface area (Å²) in [6, 6.07) is 8.26. The van der Waals surface area contributed by atoms with Gasteiger partial charge in [0.1, 0.15) is 0 Å². The maximum atomic E-state index is 12.4. The van der Waals surface area contributed by atoms with Crippen molar-refractivity contribution in [3.05, 3.63) is 35.4 Å². The number of carbonyl (C=O) groups excluding carboxylic acids is 1. The van der Waals surface area contributed by atoms with Crippen molar-refractivity contribution in [2.75, 3.05) is 6.61 Å². The lowest BCUT2D eigenvalue weighted by Gasteiger charge is -2.16. The number of nitriles is 1. The molecule has 0 aliphatic rings. The minimum absolute atomic E-state index is 0.155. The summed E-state index contributed by atoms with van der Waals surface area (Å²) in [5.41, 5.74) is 1.01. The highest BCUT2D eigenvalue weighted by Crippen LogP contribution is 2.16. The van der Waals surface area contributed by atoms with E-state index in [1.807, 2.05) is 19.9 Å². The molecule has 5 nitrogen and oxygen atoms in total. The van der Waals surface area contributed by atoms with Crippen LogP contribution in [-0.2, 0) is 25.1 Å². The zero-order valence-corrected chi connectivity index (χ0v) is 13.9. The highest BCUT2D eigenvalue weighted by atomic mass is 32.2. The quantitative estimate of drug-likeness (QED) is 0.720. The third-order valence-corrected chi connectivity index (χ3v) is 5.21. The van der Waals surface area contributed by atoms with Crippen LogP contribution in [0, 0.1) is 17.2 Å². The Labute approximate surface area is 131 Å². The molecule has 120 valence electrons. The van der Waals surface area contributed by atoms with Crippen LogP contribution in [0.25, 0.3) is 0 Å². The molecule has 0 aliphatic carbocycles. The molecule has 0 amide bonds. The summed E-state index contributed by atoms with van der Waals surface area (Å²) in [6.45, 7) is 5.64. The molecule has 0 fully saturated rings. The Balaban J connectivity index is 2.85. The van der Waals surface area contributed by atoms with Gasteiger partial charge in [-0.15, -0.1) is 0 Å². The van der Waals surface area contributed by atoms with E-state index in [0.29, 0.717) is 11.1 Å². The third kappa shape index (κ3) is 5.15. The number of carbonyl (C=O) groups is 1. The van der Waals surface area contributed by atoms with Gasteiger partial charge in [-0.2, -0.15) is 5.26 Å². The highest BCUT2D eigenvalue weighted by Gasteiger charge is 2.32. The van der Waals surface area contributed by atoms with E-state index in [-0.39, 0.29) is 24.7 Å². The Bertz CT molecular complexity index is 642. The van der Waals surface area contributed by atoms with Gasteiger partial charge in [0, 0.05) is 0 Å². The smallest absolute Gasteiger partial charge is 0.324 e. The summed E-state index contributed by atoms with van der Waals surface area (Å²) in [5.74, 6) is -0.777. The average Bonchev–Trinajstić information content (AvgIpc) is 2.46. The topological polar surface area (TPSA) is 84.2 Å². The van der Waals surface area contributed by atoms with Crippen molar-refractivity contribution in [3.63, 3.8) is 0 Å². The number of hydrogen-bond donors (Lipinski definition) is 0. The zero-order valence-electron chi connectivity index (χ0n) is 13.1. The fourth-order valence-electron chi connectivity index (χ4n) is 1.92. The average molecular weight is 323 g/mol. The first kappa shape index (κ1) is 18.2. The Morgan fingerprint density at radius 1 is 1.27 bits per heavy atom. The Hall–Kier alpha value is -1.87. The van der Waals surface area contributed by atoms with E-state index < -0.39 is 21.1 Å². The normalized spacial score (nSPS) is 12.7. The maximum absolute atomic E-state index is 12.4. The standard InChI is InChI=1S/C16H21NO4S/c1-4-15(16(18)21-10-12(2)3)22(19,20)11-14-7-5-13(9-17)6-8-14/h5-8,12,15H,4,10-11H2,1-3H3. The molecule has 0 aliphatic heterocycles. The number of sulfone groups is 1. The number of esters is 1. The van der Waals surface area contributed by atoms with Crippen LogP contribution in [-0.4, -0.2) is 26.2 Å². The van der Waals surface area contributed by atoms with Gasteiger partial charge in [0.25, 0.3) is 0 Å². The fourth-order valence-corrected chi connectivity index (χ4v) is 3.64. The van der Waals surface area contributed by atoms with Crippen LogP contribution in [0.4, 0.5) is 0 Å². The first-order chi connectivity index (χ1) is 10.3. The van der Waals surface area contributed by atoms with Gasteiger partial charge in [-0.1, -0.05) is 32.9 Å². The van der Waals surface area contributed by atoms with Crippen LogP contribution in [0.5, 0.6) is 0 Å². The summed E-state index contributed by atoms with van der Waals surface area (Å²) in [4.78, 5) is 12.0. The lowest BCUT2D eigenvalue weighted by Crippen LogP contribution is -2.33. The molecule has 0 radical (unpaired) electrons. The van der Waals surface area contributed by atoms with Gasteiger partial charge in [0.05, 0.1) is 24.0 Å². The van der Waals surface area contributed by atoms with E-state index in [2.05, 4.69) is 0 Å². The van der Waals surface area contributed by atoms with Crippen LogP contribution in [0.15, 0.2) is 24.3 Å². The summed E-state index contributed by atoms with van der Waals surface area (Å²) < 4.78 is 29.9. The van der Waals surface area contributed by atoms with E-state index in [1.165, 1.54) is 0 Å². The molecule has 0 aromatic heterocycles. The number of benzene rings is 1. The molecule has 22 heavy (non-hydrogen) atoms. The summed E-state index contributed by atoms with van der Waals surface area (Å²) in [7, 11) is -3.65. The number of rotatable bonds is 7. The van der Waals surface area contributed by atoms with E-state index >= 15 is 0 Å². The predicted molar refractivity (Wildman–Crippen MR) is 83.7 cm³/mol. The molecule has 0 bridgehead atoms.